The van der Waals surface area contributed by atoms with Crippen molar-refractivity contribution in [2.75, 3.05) is 37.7 Å². The summed E-state index contributed by atoms with van der Waals surface area (Å²) in [4.78, 5) is 8.58. The van der Waals surface area contributed by atoms with Crippen LogP contribution >= 0.6 is 11.6 Å². The van der Waals surface area contributed by atoms with Gasteiger partial charge in [0.1, 0.15) is 23.8 Å². The number of pyridine rings is 1. The standard InChI is InChI=1S/C28H33ClFN3O4/c1-19(35)17-37-24-9-10-26(25(29)13-24)33-12-11-32(15-27(33)20-3-6-22(30)7-4-20)18-28(2,36)21-5-8-23(16-34)31-14-21/h3-10,13-14,19,27,34-36H,11-12,15-18H2,1-2H3/t19-,27-,28+/m0/s1. The largest absolute Gasteiger partial charge is 0.491 e. The van der Waals surface area contributed by atoms with Crippen LogP contribution in [0.4, 0.5) is 10.1 Å². The summed E-state index contributed by atoms with van der Waals surface area (Å²) in [6.45, 7) is 5.69. The van der Waals surface area contributed by atoms with Crippen LogP contribution in [0.2, 0.25) is 5.02 Å². The summed E-state index contributed by atoms with van der Waals surface area (Å²) in [5, 5.41) is 30.6. The molecule has 1 aliphatic rings. The number of nitrogens with zero attached hydrogens (tertiary/aromatic N) is 3. The maximum absolute atomic E-state index is 13.7. The Morgan fingerprint density at radius 1 is 1.16 bits per heavy atom. The number of rotatable bonds is 9. The second kappa shape index (κ2) is 11.8. The number of anilines is 1. The number of β-amino-alcohol motifs (C(OH)–C–C–N with tert-alkyl or cyclic N) is 1. The highest BCUT2D eigenvalue weighted by molar-refractivity contribution is 6.33. The van der Waals surface area contributed by atoms with Crippen LogP contribution < -0.4 is 9.64 Å². The van der Waals surface area contributed by atoms with Crippen LogP contribution in [0, 0.1) is 5.82 Å². The Bertz CT molecular complexity index is 1180. The molecule has 3 N–H and O–H groups in total. The predicted molar refractivity (Wildman–Crippen MR) is 141 cm³/mol. The van der Waals surface area contributed by atoms with E-state index >= 15 is 0 Å². The minimum absolute atomic E-state index is 0.137. The fourth-order valence-corrected chi connectivity index (χ4v) is 4.91. The fraction of sp³-hybridized carbons (Fsp3) is 0.393. The van der Waals surface area contributed by atoms with E-state index in [-0.39, 0.29) is 25.1 Å². The molecule has 37 heavy (non-hydrogen) atoms. The third-order valence-electron chi connectivity index (χ3n) is 6.58. The predicted octanol–water partition coefficient (Wildman–Crippen LogP) is 3.90. The van der Waals surface area contributed by atoms with Crippen LogP contribution in [0.1, 0.15) is 36.7 Å². The molecule has 3 atom stereocenters. The molecule has 2 aromatic carbocycles. The van der Waals surface area contributed by atoms with Crippen molar-refractivity contribution in [2.45, 2.75) is 38.2 Å². The second-order valence-corrected chi connectivity index (χ2v) is 10.1. The maximum atomic E-state index is 13.7. The summed E-state index contributed by atoms with van der Waals surface area (Å²) in [5.74, 6) is 0.269. The molecule has 198 valence electrons. The van der Waals surface area contributed by atoms with E-state index in [0.717, 1.165) is 11.3 Å². The number of halogens is 2. The second-order valence-electron chi connectivity index (χ2n) is 9.74. The van der Waals surface area contributed by atoms with Gasteiger partial charge in [0.25, 0.3) is 0 Å². The van der Waals surface area contributed by atoms with Gasteiger partial charge in [0.15, 0.2) is 0 Å². The lowest BCUT2D eigenvalue weighted by atomic mass is 9.94. The van der Waals surface area contributed by atoms with Crippen LogP contribution in [-0.4, -0.2) is 64.1 Å². The molecule has 0 aliphatic carbocycles. The quantitative estimate of drug-likeness (QED) is 0.387. The molecular formula is C28H33ClFN3O4. The Kier molecular flexibility index (Phi) is 8.67. The zero-order chi connectivity index (χ0) is 26.6. The zero-order valence-electron chi connectivity index (χ0n) is 21.0. The van der Waals surface area contributed by atoms with Crippen molar-refractivity contribution in [1.29, 1.82) is 0 Å². The van der Waals surface area contributed by atoms with Gasteiger partial charge >= 0.3 is 0 Å². The molecule has 0 spiro atoms. The molecule has 0 radical (unpaired) electrons. The topological polar surface area (TPSA) is 89.3 Å². The molecule has 0 amide bonds. The van der Waals surface area contributed by atoms with E-state index < -0.39 is 11.7 Å². The van der Waals surface area contributed by atoms with E-state index in [0.29, 0.717) is 48.2 Å². The van der Waals surface area contributed by atoms with Gasteiger partial charge in [0.2, 0.25) is 0 Å². The lowest BCUT2D eigenvalue weighted by Gasteiger charge is -2.45. The monoisotopic (exact) mass is 529 g/mol. The van der Waals surface area contributed by atoms with Crippen molar-refractivity contribution in [3.8, 4) is 5.75 Å². The SMILES string of the molecule is C[C@H](O)COc1ccc(N2CCN(C[C@@](C)(O)c3ccc(CO)nc3)C[C@H]2c2ccc(F)cc2)c(Cl)c1. The number of hydrogen-bond acceptors (Lipinski definition) is 7. The molecule has 9 heteroatoms. The van der Waals surface area contributed by atoms with E-state index in [9.17, 15) is 19.7 Å². The normalized spacial score (nSPS) is 18.9. The highest BCUT2D eigenvalue weighted by Crippen LogP contribution is 2.38. The van der Waals surface area contributed by atoms with Crippen molar-refractivity contribution in [1.82, 2.24) is 9.88 Å². The van der Waals surface area contributed by atoms with Gasteiger partial charge in [0.05, 0.1) is 35.2 Å². The highest BCUT2D eigenvalue weighted by Gasteiger charge is 2.34. The lowest BCUT2D eigenvalue weighted by molar-refractivity contribution is 0.00997. The molecule has 1 fully saturated rings. The minimum Gasteiger partial charge on any atom is -0.491 e. The molecule has 3 aromatic rings. The smallest absolute Gasteiger partial charge is 0.123 e. The molecule has 1 saturated heterocycles. The van der Waals surface area contributed by atoms with Gasteiger partial charge in [0, 0.05) is 44.0 Å². The van der Waals surface area contributed by atoms with Crippen molar-refractivity contribution in [2.24, 2.45) is 0 Å². The molecular weight excluding hydrogens is 497 g/mol. The average molecular weight is 530 g/mol. The molecule has 0 unspecified atom stereocenters. The number of piperazine rings is 1. The molecule has 7 nitrogen and oxygen atoms in total. The average Bonchev–Trinajstić information content (AvgIpc) is 2.88. The number of aliphatic hydroxyl groups excluding tert-OH is 2. The summed E-state index contributed by atoms with van der Waals surface area (Å²) in [5.41, 5.74) is 1.82. The molecule has 0 bridgehead atoms. The summed E-state index contributed by atoms with van der Waals surface area (Å²) < 4.78 is 19.3. The van der Waals surface area contributed by atoms with Crippen LogP contribution in [-0.2, 0) is 12.2 Å². The van der Waals surface area contributed by atoms with Crippen molar-refractivity contribution in [3.63, 3.8) is 0 Å². The van der Waals surface area contributed by atoms with E-state index in [1.54, 1.807) is 50.4 Å². The molecule has 0 saturated carbocycles. The summed E-state index contributed by atoms with van der Waals surface area (Å²) in [6.07, 6.45) is 1.01. The van der Waals surface area contributed by atoms with E-state index in [2.05, 4.69) is 14.8 Å². The van der Waals surface area contributed by atoms with Crippen molar-refractivity contribution < 1.29 is 24.4 Å². The van der Waals surface area contributed by atoms with Gasteiger partial charge < -0.3 is 25.0 Å². The summed E-state index contributed by atoms with van der Waals surface area (Å²) in [7, 11) is 0. The van der Waals surface area contributed by atoms with Crippen LogP contribution in [0.25, 0.3) is 0 Å². The van der Waals surface area contributed by atoms with Gasteiger partial charge in [-0.2, -0.15) is 0 Å². The summed E-state index contributed by atoms with van der Waals surface area (Å²) >= 11 is 6.68. The van der Waals surface area contributed by atoms with Gasteiger partial charge in [-0.05, 0) is 49.7 Å². The Morgan fingerprint density at radius 3 is 2.54 bits per heavy atom. The number of ether oxygens (including phenoxy) is 1. The first-order valence-electron chi connectivity index (χ1n) is 12.3. The molecule has 1 aromatic heterocycles. The van der Waals surface area contributed by atoms with Crippen LogP contribution in [0.15, 0.2) is 60.8 Å². The molecule has 2 heterocycles. The Labute approximate surface area is 221 Å². The molecule has 1 aliphatic heterocycles. The van der Waals surface area contributed by atoms with Gasteiger partial charge in [-0.25, -0.2) is 4.39 Å². The summed E-state index contributed by atoms with van der Waals surface area (Å²) in [6, 6.07) is 15.3. The van der Waals surface area contributed by atoms with Crippen molar-refractivity contribution in [3.05, 3.63) is 88.5 Å². The maximum Gasteiger partial charge on any atom is 0.123 e. The number of hydrogen-bond donors (Lipinski definition) is 3. The Morgan fingerprint density at radius 2 is 1.92 bits per heavy atom. The first kappa shape index (κ1) is 27.3. The van der Waals surface area contributed by atoms with Gasteiger partial charge in [-0.15, -0.1) is 0 Å². The van der Waals surface area contributed by atoms with Crippen molar-refractivity contribution >= 4 is 17.3 Å². The first-order chi connectivity index (χ1) is 17.7. The number of benzene rings is 2. The van der Waals surface area contributed by atoms with E-state index in [1.807, 2.05) is 12.1 Å². The third-order valence-corrected chi connectivity index (χ3v) is 6.88. The Balaban J connectivity index is 1.57. The lowest BCUT2D eigenvalue weighted by Crippen LogP contribution is -2.52. The van der Waals surface area contributed by atoms with E-state index in [1.165, 1.54) is 12.1 Å². The Hall–Kier alpha value is -2.75. The molecule has 4 rings (SSSR count). The number of aliphatic hydroxyl groups is 3. The van der Waals surface area contributed by atoms with Crippen LogP contribution in [0.3, 0.4) is 0 Å². The zero-order valence-corrected chi connectivity index (χ0v) is 21.8. The number of aromatic nitrogens is 1. The van der Waals surface area contributed by atoms with E-state index in [4.69, 9.17) is 16.3 Å². The van der Waals surface area contributed by atoms with Gasteiger partial charge in [-0.1, -0.05) is 29.8 Å². The first-order valence-corrected chi connectivity index (χ1v) is 12.7. The minimum atomic E-state index is -1.16. The van der Waals surface area contributed by atoms with Gasteiger partial charge in [-0.3, -0.25) is 9.88 Å². The fourth-order valence-electron chi connectivity index (χ4n) is 4.63. The van der Waals surface area contributed by atoms with Crippen LogP contribution in [0.5, 0.6) is 5.75 Å². The highest BCUT2D eigenvalue weighted by atomic mass is 35.5. The third kappa shape index (κ3) is 6.77.